The number of methoxy groups -OCH3 is 1. The second-order valence-corrected chi connectivity index (χ2v) is 5.74. The molecule has 6 nitrogen and oxygen atoms in total. The number of benzene rings is 1. The molecule has 122 valence electrons. The topological polar surface area (TPSA) is 50.6 Å². The minimum atomic E-state index is 0.0741. The normalized spacial score (nSPS) is 14.9. The molecule has 0 saturated carbocycles. The van der Waals surface area contributed by atoms with E-state index in [4.69, 9.17) is 4.74 Å². The number of aryl methyl sites for hydroxylation is 1. The largest absolute Gasteiger partial charge is 0.497 e. The molecule has 0 bridgehead atoms. The van der Waals surface area contributed by atoms with Gasteiger partial charge in [0, 0.05) is 44.6 Å². The van der Waals surface area contributed by atoms with E-state index in [0.717, 1.165) is 43.3 Å². The summed E-state index contributed by atoms with van der Waals surface area (Å²) in [4.78, 5) is 16.8. The summed E-state index contributed by atoms with van der Waals surface area (Å²) in [5.41, 5.74) is 2.77. The molecule has 1 aromatic carbocycles. The molecule has 0 aliphatic carbocycles. The SMILES string of the molecule is COc1ccc(N2CCN(C(=O)c3cnn(C)c3C)CC2)cc1. The van der Waals surface area contributed by atoms with Crippen LogP contribution in [0.4, 0.5) is 5.69 Å². The fourth-order valence-corrected chi connectivity index (χ4v) is 2.84. The number of carbonyl (C=O) groups excluding carboxylic acids is 1. The molecular formula is C17H22N4O2. The summed E-state index contributed by atoms with van der Waals surface area (Å²) < 4.78 is 6.92. The number of aromatic nitrogens is 2. The molecule has 3 rings (SSSR count). The number of rotatable bonds is 3. The Morgan fingerprint density at radius 1 is 1.13 bits per heavy atom. The molecule has 6 heteroatoms. The van der Waals surface area contributed by atoms with Crippen LogP contribution in [0.2, 0.25) is 0 Å². The van der Waals surface area contributed by atoms with Crippen molar-refractivity contribution in [3.05, 3.63) is 41.7 Å². The molecule has 1 aliphatic heterocycles. The van der Waals surface area contributed by atoms with Crippen LogP contribution >= 0.6 is 0 Å². The van der Waals surface area contributed by atoms with Crippen LogP contribution in [-0.2, 0) is 7.05 Å². The molecule has 1 saturated heterocycles. The van der Waals surface area contributed by atoms with Gasteiger partial charge in [-0.2, -0.15) is 5.10 Å². The highest BCUT2D eigenvalue weighted by Crippen LogP contribution is 2.21. The maximum atomic E-state index is 12.6. The average Bonchev–Trinajstić information content (AvgIpc) is 2.94. The van der Waals surface area contributed by atoms with Crippen molar-refractivity contribution in [2.24, 2.45) is 7.05 Å². The number of hydrogen-bond acceptors (Lipinski definition) is 4. The molecule has 2 heterocycles. The predicted molar refractivity (Wildman–Crippen MR) is 89.1 cm³/mol. The van der Waals surface area contributed by atoms with Crippen LogP contribution in [0.3, 0.4) is 0 Å². The van der Waals surface area contributed by atoms with Gasteiger partial charge in [0.2, 0.25) is 0 Å². The number of carbonyl (C=O) groups is 1. The Hall–Kier alpha value is -2.50. The molecule has 1 aromatic heterocycles. The molecular weight excluding hydrogens is 292 g/mol. The Morgan fingerprint density at radius 3 is 2.30 bits per heavy atom. The monoisotopic (exact) mass is 314 g/mol. The van der Waals surface area contributed by atoms with Crippen LogP contribution in [0.25, 0.3) is 0 Å². The standard InChI is InChI=1S/C17H22N4O2/c1-13-16(12-18-19(13)2)17(22)21-10-8-20(9-11-21)14-4-6-15(23-3)7-5-14/h4-7,12H,8-11H2,1-3H3. The molecule has 0 radical (unpaired) electrons. The number of ether oxygens (including phenoxy) is 1. The van der Waals surface area contributed by atoms with Crippen LogP contribution in [0, 0.1) is 6.92 Å². The second-order valence-electron chi connectivity index (χ2n) is 5.74. The van der Waals surface area contributed by atoms with E-state index in [1.807, 2.05) is 31.0 Å². The van der Waals surface area contributed by atoms with E-state index in [0.29, 0.717) is 5.56 Å². The fourth-order valence-electron chi connectivity index (χ4n) is 2.84. The zero-order chi connectivity index (χ0) is 16.4. The molecule has 0 N–H and O–H groups in total. The van der Waals surface area contributed by atoms with Gasteiger partial charge < -0.3 is 14.5 Å². The fraction of sp³-hybridized carbons (Fsp3) is 0.412. The molecule has 0 unspecified atom stereocenters. The van der Waals surface area contributed by atoms with Crippen molar-refractivity contribution in [2.75, 3.05) is 38.2 Å². The van der Waals surface area contributed by atoms with E-state index < -0.39 is 0 Å². The Morgan fingerprint density at radius 2 is 1.78 bits per heavy atom. The first-order chi connectivity index (χ1) is 11.1. The zero-order valence-electron chi connectivity index (χ0n) is 13.8. The van der Waals surface area contributed by atoms with Crippen molar-refractivity contribution >= 4 is 11.6 Å². The smallest absolute Gasteiger partial charge is 0.257 e. The Bertz CT molecular complexity index is 685. The summed E-state index contributed by atoms with van der Waals surface area (Å²) in [6.45, 7) is 5.03. The highest BCUT2D eigenvalue weighted by molar-refractivity contribution is 5.95. The van der Waals surface area contributed by atoms with Gasteiger partial charge in [-0.3, -0.25) is 9.48 Å². The van der Waals surface area contributed by atoms with Gasteiger partial charge >= 0.3 is 0 Å². The Kier molecular flexibility index (Phi) is 4.23. The lowest BCUT2D eigenvalue weighted by Crippen LogP contribution is -2.48. The van der Waals surface area contributed by atoms with Crippen LogP contribution < -0.4 is 9.64 Å². The van der Waals surface area contributed by atoms with E-state index in [1.54, 1.807) is 18.0 Å². The summed E-state index contributed by atoms with van der Waals surface area (Å²) in [6.07, 6.45) is 1.66. The highest BCUT2D eigenvalue weighted by Gasteiger charge is 2.24. The van der Waals surface area contributed by atoms with Gasteiger partial charge in [0.1, 0.15) is 5.75 Å². The summed E-state index contributed by atoms with van der Waals surface area (Å²) in [6, 6.07) is 8.04. The van der Waals surface area contributed by atoms with Gasteiger partial charge in [0.05, 0.1) is 18.9 Å². The zero-order valence-corrected chi connectivity index (χ0v) is 13.8. The third-order valence-corrected chi connectivity index (χ3v) is 4.47. The van der Waals surface area contributed by atoms with Crippen molar-refractivity contribution < 1.29 is 9.53 Å². The van der Waals surface area contributed by atoms with Gasteiger partial charge in [-0.15, -0.1) is 0 Å². The number of nitrogens with zero attached hydrogens (tertiary/aromatic N) is 4. The van der Waals surface area contributed by atoms with E-state index in [-0.39, 0.29) is 5.91 Å². The number of anilines is 1. The molecule has 0 atom stereocenters. The van der Waals surface area contributed by atoms with Gasteiger partial charge in [-0.25, -0.2) is 0 Å². The Balaban J connectivity index is 1.63. The van der Waals surface area contributed by atoms with Crippen molar-refractivity contribution in [3.63, 3.8) is 0 Å². The first-order valence-corrected chi connectivity index (χ1v) is 7.77. The highest BCUT2D eigenvalue weighted by atomic mass is 16.5. The van der Waals surface area contributed by atoms with E-state index in [9.17, 15) is 4.79 Å². The van der Waals surface area contributed by atoms with Crippen LogP contribution in [0.5, 0.6) is 5.75 Å². The second kappa shape index (κ2) is 6.32. The summed E-state index contributed by atoms with van der Waals surface area (Å²) >= 11 is 0. The van der Waals surface area contributed by atoms with Gasteiger partial charge in [-0.05, 0) is 31.2 Å². The van der Waals surface area contributed by atoms with Crippen LogP contribution in [0.1, 0.15) is 16.1 Å². The molecule has 23 heavy (non-hydrogen) atoms. The van der Waals surface area contributed by atoms with Crippen LogP contribution in [0.15, 0.2) is 30.5 Å². The predicted octanol–water partition coefficient (Wildman–Crippen LogP) is 1.70. The van der Waals surface area contributed by atoms with Gasteiger partial charge in [0.15, 0.2) is 0 Å². The third-order valence-electron chi connectivity index (χ3n) is 4.47. The summed E-state index contributed by atoms with van der Waals surface area (Å²) in [7, 11) is 3.52. The molecule has 0 spiro atoms. The van der Waals surface area contributed by atoms with E-state index in [1.165, 1.54) is 0 Å². The van der Waals surface area contributed by atoms with E-state index in [2.05, 4.69) is 22.1 Å². The Labute approximate surface area is 136 Å². The first-order valence-electron chi connectivity index (χ1n) is 7.77. The molecule has 1 fully saturated rings. The first kappa shape index (κ1) is 15.4. The average molecular weight is 314 g/mol. The molecule has 1 amide bonds. The third kappa shape index (κ3) is 3.02. The lowest BCUT2D eigenvalue weighted by atomic mass is 10.2. The lowest BCUT2D eigenvalue weighted by Gasteiger charge is -2.36. The summed E-state index contributed by atoms with van der Waals surface area (Å²) in [5.74, 6) is 0.930. The van der Waals surface area contributed by atoms with Crippen LogP contribution in [-0.4, -0.2) is 53.9 Å². The molecule has 2 aromatic rings. The van der Waals surface area contributed by atoms with Gasteiger partial charge in [-0.1, -0.05) is 0 Å². The maximum Gasteiger partial charge on any atom is 0.257 e. The van der Waals surface area contributed by atoms with Gasteiger partial charge in [0.25, 0.3) is 5.91 Å². The molecule has 1 aliphatic rings. The van der Waals surface area contributed by atoms with E-state index >= 15 is 0 Å². The van der Waals surface area contributed by atoms with Crippen molar-refractivity contribution in [1.29, 1.82) is 0 Å². The van der Waals surface area contributed by atoms with Crippen molar-refractivity contribution in [1.82, 2.24) is 14.7 Å². The minimum Gasteiger partial charge on any atom is -0.497 e. The summed E-state index contributed by atoms with van der Waals surface area (Å²) in [5, 5.41) is 4.16. The quantitative estimate of drug-likeness (QED) is 0.865. The number of hydrogen-bond donors (Lipinski definition) is 0. The number of amides is 1. The maximum absolute atomic E-state index is 12.6. The lowest BCUT2D eigenvalue weighted by molar-refractivity contribution is 0.0746. The minimum absolute atomic E-state index is 0.0741. The number of piperazine rings is 1. The van der Waals surface area contributed by atoms with Crippen molar-refractivity contribution in [3.8, 4) is 5.75 Å². The van der Waals surface area contributed by atoms with Crippen molar-refractivity contribution in [2.45, 2.75) is 6.92 Å².